The molecule has 0 bridgehead atoms. The first-order valence-corrected chi connectivity index (χ1v) is 5.79. The maximum atomic E-state index is 11.2. The Morgan fingerprint density at radius 3 is 2.69 bits per heavy atom. The highest BCUT2D eigenvalue weighted by Crippen LogP contribution is 2.13. The standard InChI is InChI=1S/C13H22O3/c1-4-7-8-11(6-3)12(14)10-13(15)16-9-5-2/h5,8,12,14H,2,4,6-7,9-10H2,1,3H3/b11-8+/t12-/m1/s1. The predicted molar refractivity (Wildman–Crippen MR) is 65.1 cm³/mol. The summed E-state index contributed by atoms with van der Waals surface area (Å²) in [5.74, 6) is -0.386. The summed E-state index contributed by atoms with van der Waals surface area (Å²) in [5, 5.41) is 9.81. The molecule has 0 aromatic rings. The fourth-order valence-electron chi connectivity index (χ4n) is 1.35. The van der Waals surface area contributed by atoms with E-state index in [4.69, 9.17) is 4.74 Å². The van der Waals surface area contributed by atoms with Crippen LogP contribution in [0.5, 0.6) is 0 Å². The van der Waals surface area contributed by atoms with Crippen molar-refractivity contribution in [1.82, 2.24) is 0 Å². The van der Waals surface area contributed by atoms with Gasteiger partial charge in [-0.25, -0.2) is 0 Å². The van der Waals surface area contributed by atoms with E-state index in [1.165, 1.54) is 6.08 Å². The van der Waals surface area contributed by atoms with Gasteiger partial charge in [0.15, 0.2) is 0 Å². The molecule has 0 saturated carbocycles. The van der Waals surface area contributed by atoms with E-state index >= 15 is 0 Å². The van der Waals surface area contributed by atoms with Crippen LogP contribution in [0.25, 0.3) is 0 Å². The summed E-state index contributed by atoms with van der Waals surface area (Å²) < 4.78 is 4.82. The van der Waals surface area contributed by atoms with Gasteiger partial charge in [-0.2, -0.15) is 0 Å². The van der Waals surface area contributed by atoms with Crippen LogP contribution < -0.4 is 0 Å². The Labute approximate surface area is 97.8 Å². The molecular weight excluding hydrogens is 204 g/mol. The van der Waals surface area contributed by atoms with E-state index in [0.29, 0.717) is 0 Å². The van der Waals surface area contributed by atoms with E-state index in [9.17, 15) is 9.90 Å². The minimum absolute atomic E-state index is 0.0250. The molecule has 1 atom stereocenters. The second kappa shape index (κ2) is 9.16. The van der Waals surface area contributed by atoms with Gasteiger partial charge < -0.3 is 9.84 Å². The van der Waals surface area contributed by atoms with Crippen LogP contribution in [0, 0.1) is 0 Å². The van der Waals surface area contributed by atoms with Crippen molar-refractivity contribution in [2.75, 3.05) is 6.61 Å². The number of unbranched alkanes of at least 4 members (excludes halogenated alkanes) is 1. The van der Waals surface area contributed by atoms with E-state index in [2.05, 4.69) is 13.5 Å². The SMILES string of the molecule is C=CCOC(=O)C[C@@H](O)/C(=C/CCC)CC. The van der Waals surface area contributed by atoms with Crippen LogP contribution in [0.1, 0.15) is 39.5 Å². The highest BCUT2D eigenvalue weighted by Gasteiger charge is 2.14. The zero-order chi connectivity index (χ0) is 12.4. The number of hydrogen-bond acceptors (Lipinski definition) is 3. The van der Waals surface area contributed by atoms with Crippen LogP contribution in [0.3, 0.4) is 0 Å². The van der Waals surface area contributed by atoms with Crippen molar-refractivity contribution in [3.63, 3.8) is 0 Å². The molecule has 3 nitrogen and oxygen atoms in total. The van der Waals surface area contributed by atoms with Crippen molar-refractivity contribution in [2.24, 2.45) is 0 Å². The molecule has 0 rings (SSSR count). The van der Waals surface area contributed by atoms with Gasteiger partial charge in [0.25, 0.3) is 0 Å². The third-order valence-corrected chi connectivity index (χ3v) is 2.25. The average molecular weight is 226 g/mol. The lowest BCUT2D eigenvalue weighted by Gasteiger charge is -2.12. The molecule has 0 aromatic heterocycles. The van der Waals surface area contributed by atoms with Gasteiger partial charge in [0.2, 0.25) is 0 Å². The molecule has 1 N–H and O–H groups in total. The van der Waals surface area contributed by atoms with E-state index in [0.717, 1.165) is 24.8 Å². The summed E-state index contributed by atoms with van der Waals surface area (Å²) in [5.41, 5.74) is 0.914. The minimum atomic E-state index is -0.714. The summed E-state index contributed by atoms with van der Waals surface area (Å²) in [6, 6.07) is 0. The minimum Gasteiger partial charge on any atom is -0.461 e. The quantitative estimate of drug-likeness (QED) is 0.511. The van der Waals surface area contributed by atoms with Gasteiger partial charge >= 0.3 is 5.97 Å². The van der Waals surface area contributed by atoms with Crippen molar-refractivity contribution in [3.8, 4) is 0 Å². The maximum Gasteiger partial charge on any atom is 0.309 e. The first-order chi connectivity index (χ1) is 7.65. The number of ether oxygens (including phenoxy) is 1. The molecule has 0 aliphatic rings. The predicted octanol–water partition coefficient (Wildman–Crippen LogP) is 2.60. The Kier molecular flexibility index (Phi) is 8.53. The molecule has 0 unspecified atom stereocenters. The molecule has 0 amide bonds. The zero-order valence-corrected chi connectivity index (χ0v) is 10.2. The Hall–Kier alpha value is -1.09. The average Bonchev–Trinajstić information content (AvgIpc) is 2.27. The first-order valence-electron chi connectivity index (χ1n) is 5.79. The molecule has 0 aromatic carbocycles. The second-order valence-corrected chi connectivity index (χ2v) is 3.61. The summed E-state index contributed by atoms with van der Waals surface area (Å²) in [6.45, 7) is 7.70. The molecule has 0 radical (unpaired) electrons. The lowest BCUT2D eigenvalue weighted by atomic mass is 10.0. The lowest BCUT2D eigenvalue weighted by Crippen LogP contribution is -2.18. The summed E-state index contributed by atoms with van der Waals surface area (Å²) in [4.78, 5) is 11.2. The van der Waals surface area contributed by atoms with Crippen LogP contribution in [0.4, 0.5) is 0 Å². The van der Waals surface area contributed by atoms with Crippen molar-refractivity contribution >= 4 is 5.97 Å². The largest absolute Gasteiger partial charge is 0.461 e. The maximum absolute atomic E-state index is 11.2. The fraction of sp³-hybridized carbons (Fsp3) is 0.615. The topological polar surface area (TPSA) is 46.5 Å². The van der Waals surface area contributed by atoms with Crippen LogP contribution in [-0.4, -0.2) is 23.8 Å². The highest BCUT2D eigenvalue weighted by molar-refractivity contribution is 5.70. The van der Waals surface area contributed by atoms with Gasteiger partial charge in [0.1, 0.15) is 6.61 Å². The van der Waals surface area contributed by atoms with Crippen LogP contribution in [-0.2, 0) is 9.53 Å². The van der Waals surface area contributed by atoms with Crippen molar-refractivity contribution < 1.29 is 14.6 Å². The summed E-state index contributed by atoms with van der Waals surface area (Å²) >= 11 is 0. The zero-order valence-electron chi connectivity index (χ0n) is 10.2. The molecule has 92 valence electrons. The third kappa shape index (κ3) is 6.40. The number of rotatable bonds is 8. The van der Waals surface area contributed by atoms with Crippen LogP contribution in [0.2, 0.25) is 0 Å². The Morgan fingerprint density at radius 2 is 2.19 bits per heavy atom. The normalized spacial score (nSPS) is 13.3. The molecular formula is C13H22O3. The summed E-state index contributed by atoms with van der Waals surface area (Å²) in [7, 11) is 0. The highest BCUT2D eigenvalue weighted by atomic mass is 16.5. The number of allylic oxidation sites excluding steroid dienone is 1. The summed E-state index contributed by atoms with van der Waals surface area (Å²) in [6.07, 6.45) is 5.56. The Bertz CT molecular complexity index is 244. The molecule has 0 saturated heterocycles. The molecule has 0 aliphatic carbocycles. The lowest BCUT2D eigenvalue weighted by molar-refractivity contribution is -0.144. The van der Waals surface area contributed by atoms with Crippen molar-refractivity contribution in [1.29, 1.82) is 0 Å². The number of carbonyl (C=O) groups is 1. The second-order valence-electron chi connectivity index (χ2n) is 3.61. The van der Waals surface area contributed by atoms with Crippen LogP contribution >= 0.6 is 0 Å². The van der Waals surface area contributed by atoms with E-state index in [1.807, 2.05) is 13.0 Å². The molecule has 0 spiro atoms. The molecule has 0 fully saturated rings. The number of hydrogen-bond donors (Lipinski definition) is 1. The Balaban J connectivity index is 4.14. The van der Waals surface area contributed by atoms with Gasteiger partial charge in [-0.1, -0.05) is 39.0 Å². The molecule has 0 heterocycles. The van der Waals surface area contributed by atoms with Gasteiger partial charge in [-0.3, -0.25) is 4.79 Å². The van der Waals surface area contributed by atoms with Crippen molar-refractivity contribution in [3.05, 3.63) is 24.3 Å². The van der Waals surface area contributed by atoms with Crippen LogP contribution in [0.15, 0.2) is 24.3 Å². The first kappa shape index (κ1) is 14.9. The number of carbonyl (C=O) groups excluding carboxylic acids is 1. The van der Waals surface area contributed by atoms with Gasteiger partial charge in [0, 0.05) is 0 Å². The fourth-order valence-corrected chi connectivity index (χ4v) is 1.35. The van der Waals surface area contributed by atoms with E-state index < -0.39 is 6.10 Å². The van der Waals surface area contributed by atoms with Crippen molar-refractivity contribution in [2.45, 2.75) is 45.6 Å². The van der Waals surface area contributed by atoms with Gasteiger partial charge in [-0.15, -0.1) is 0 Å². The number of aliphatic hydroxyl groups excluding tert-OH is 1. The Morgan fingerprint density at radius 1 is 1.50 bits per heavy atom. The molecule has 0 aliphatic heterocycles. The van der Waals surface area contributed by atoms with Gasteiger partial charge in [0.05, 0.1) is 12.5 Å². The van der Waals surface area contributed by atoms with Gasteiger partial charge in [-0.05, 0) is 18.4 Å². The smallest absolute Gasteiger partial charge is 0.309 e. The molecule has 16 heavy (non-hydrogen) atoms. The van der Waals surface area contributed by atoms with E-state index in [1.54, 1.807) is 0 Å². The monoisotopic (exact) mass is 226 g/mol. The molecule has 3 heteroatoms. The third-order valence-electron chi connectivity index (χ3n) is 2.25. The number of esters is 1. The van der Waals surface area contributed by atoms with E-state index in [-0.39, 0.29) is 19.0 Å². The number of aliphatic hydroxyl groups is 1.